The van der Waals surface area contributed by atoms with Gasteiger partial charge in [0.2, 0.25) is 0 Å². The molecule has 0 saturated carbocycles. The summed E-state index contributed by atoms with van der Waals surface area (Å²) in [6.45, 7) is 9.47. The van der Waals surface area contributed by atoms with Crippen molar-refractivity contribution in [2.45, 2.75) is 57.6 Å². The molecule has 0 bridgehead atoms. The maximum Gasteiger partial charge on any atom is 0.413 e. The maximum atomic E-state index is 12.7. The normalized spacial score (nSPS) is 22.2. The largest absolute Gasteiger partial charge is 0.444 e. The van der Waals surface area contributed by atoms with Gasteiger partial charge < -0.3 is 14.6 Å². The first-order valence-electron chi connectivity index (χ1n) is 8.30. The third-order valence-corrected chi connectivity index (χ3v) is 3.82. The summed E-state index contributed by atoms with van der Waals surface area (Å²) in [5.74, 6) is 0. The average Bonchev–Trinajstić information content (AvgIpc) is 2.97. The topological polar surface area (TPSA) is 59.0 Å². The Hall–Kier alpha value is -1.85. The van der Waals surface area contributed by atoms with E-state index in [9.17, 15) is 9.90 Å². The minimum Gasteiger partial charge on any atom is -0.444 e. The third-order valence-electron chi connectivity index (χ3n) is 3.82. The highest BCUT2D eigenvalue weighted by atomic mass is 16.6. The number of allylic oxidation sites excluding steroid dienone is 1. The number of carbonyl (C=O) groups excluding carboxylic acids is 1. The number of benzene rings is 1. The number of hydrogen-bond acceptors (Lipinski definition) is 4. The second-order valence-electron chi connectivity index (χ2n) is 6.97. The summed E-state index contributed by atoms with van der Waals surface area (Å²) >= 11 is 0. The highest BCUT2D eigenvalue weighted by Gasteiger charge is 2.44. The van der Waals surface area contributed by atoms with E-state index in [1.54, 1.807) is 6.08 Å². The lowest BCUT2D eigenvalue weighted by molar-refractivity contribution is -0.0721. The van der Waals surface area contributed by atoms with Gasteiger partial charge in [0.25, 0.3) is 0 Å². The molecule has 5 nitrogen and oxygen atoms in total. The van der Waals surface area contributed by atoms with Crippen molar-refractivity contribution in [3.05, 3.63) is 48.6 Å². The van der Waals surface area contributed by atoms with E-state index in [-0.39, 0.29) is 6.04 Å². The van der Waals surface area contributed by atoms with E-state index >= 15 is 0 Å². The predicted octanol–water partition coefficient (Wildman–Crippen LogP) is 3.65. The van der Waals surface area contributed by atoms with Crippen LogP contribution in [-0.4, -0.2) is 40.6 Å². The monoisotopic (exact) mass is 333 g/mol. The van der Waals surface area contributed by atoms with E-state index < -0.39 is 24.0 Å². The highest BCUT2D eigenvalue weighted by molar-refractivity contribution is 5.69. The summed E-state index contributed by atoms with van der Waals surface area (Å²) in [6, 6.07) is 9.39. The van der Waals surface area contributed by atoms with Crippen molar-refractivity contribution in [2.75, 3.05) is 6.61 Å². The van der Waals surface area contributed by atoms with Crippen LogP contribution in [-0.2, 0) is 9.47 Å². The zero-order valence-corrected chi connectivity index (χ0v) is 14.6. The summed E-state index contributed by atoms with van der Waals surface area (Å²) in [5, 5.41) is 10.4. The number of rotatable bonds is 5. The highest BCUT2D eigenvalue weighted by Crippen LogP contribution is 2.34. The molecule has 24 heavy (non-hydrogen) atoms. The number of aliphatic hydroxyl groups excluding tert-OH is 1. The van der Waals surface area contributed by atoms with E-state index in [4.69, 9.17) is 9.47 Å². The van der Waals surface area contributed by atoms with Gasteiger partial charge in [0.1, 0.15) is 5.60 Å². The van der Waals surface area contributed by atoms with Crippen molar-refractivity contribution in [1.82, 2.24) is 4.90 Å². The zero-order chi connectivity index (χ0) is 17.7. The molecule has 1 N–H and O–H groups in total. The first-order chi connectivity index (χ1) is 11.3. The molecule has 1 heterocycles. The minimum absolute atomic E-state index is 0.274. The molecule has 1 saturated heterocycles. The second kappa shape index (κ2) is 7.81. The molecule has 0 spiro atoms. The molecule has 0 unspecified atom stereocenters. The molecular formula is C19H27NO4. The van der Waals surface area contributed by atoms with Crippen molar-refractivity contribution in [3.8, 4) is 0 Å². The Labute approximate surface area is 143 Å². The quantitative estimate of drug-likeness (QED) is 0.836. The van der Waals surface area contributed by atoms with Gasteiger partial charge in [0, 0.05) is 0 Å². The molecule has 132 valence electrons. The fourth-order valence-corrected chi connectivity index (χ4v) is 2.73. The molecule has 1 amide bonds. The van der Waals surface area contributed by atoms with Crippen LogP contribution in [0.25, 0.3) is 0 Å². The van der Waals surface area contributed by atoms with Gasteiger partial charge in [-0.05, 0) is 39.2 Å². The first kappa shape index (κ1) is 18.5. The number of nitrogens with zero attached hydrogens (tertiary/aromatic N) is 1. The van der Waals surface area contributed by atoms with Gasteiger partial charge in [-0.15, -0.1) is 6.58 Å². The maximum absolute atomic E-state index is 12.7. The number of amides is 1. The lowest BCUT2D eigenvalue weighted by Gasteiger charge is -2.33. The van der Waals surface area contributed by atoms with Crippen LogP contribution in [0.4, 0.5) is 4.79 Å². The fourth-order valence-electron chi connectivity index (χ4n) is 2.73. The Morgan fingerprint density at radius 3 is 2.71 bits per heavy atom. The molecular weight excluding hydrogens is 306 g/mol. The molecule has 3 atom stereocenters. The van der Waals surface area contributed by atoms with Gasteiger partial charge in [0.15, 0.2) is 6.23 Å². The fraction of sp³-hybridized carbons (Fsp3) is 0.526. The number of ether oxygens (including phenoxy) is 2. The van der Waals surface area contributed by atoms with Crippen molar-refractivity contribution in [3.63, 3.8) is 0 Å². The molecule has 1 aromatic rings. The van der Waals surface area contributed by atoms with Crippen molar-refractivity contribution < 1.29 is 19.4 Å². The lowest BCUT2D eigenvalue weighted by atomic mass is 10.1. The van der Waals surface area contributed by atoms with Crippen LogP contribution in [0.1, 0.15) is 45.2 Å². The van der Waals surface area contributed by atoms with E-state index in [1.807, 2.05) is 51.1 Å². The SMILES string of the molecule is C=CCC[C@@H](O)[C@H]1OC[C@@H](c2ccccc2)N1C(=O)OC(C)(C)C. The molecule has 1 fully saturated rings. The van der Waals surface area contributed by atoms with Crippen LogP contribution in [0.2, 0.25) is 0 Å². The predicted molar refractivity (Wildman–Crippen MR) is 92.4 cm³/mol. The van der Waals surface area contributed by atoms with E-state index in [0.29, 0.717) is 19.4 Å². The van der Waals surface area contributed by atoms with Crippen LogP contribution in [0.3, 0.4) is 0 Å². The van der Waals surface area contributed by atoms with Gasteiger partial charge >= 0.3 is 6.09 Å². The van der Waals surface area contributed by atoms with E-state index in [1.165, 1.54) is 4.90 Å². The third kappa shape index (κ3) is 4.58. The van der Waals surface area contributed by atoms with Gasteiger partial charge in [-0.2, -0.15) is 0 Å². The van der Waals surface area contributed by atoms with Crippen molar-refractivity contribution in [1.29, 1.82) is 0 Å². The summed E-state index contributed by atoms with van der Waals surface area (Å²) in [7, 11) is 0. The number of aliphatic hydroxyl groups is 1. The van der Waals surface area contributed by atoms with Crippen molar-refractivity contribution in [2.24, 2.45) is 0 Å². The Bertz CT molecular complexity index is 552. The van der Waals surface area contributed by atoms with Crippen molar-refractivity contribution >= 4 is 6.09 Å². The molecule has 0 radical (unpaired) electrons. The van der Waals surface area contributed by atoms with Crippen LogP contribution in [0.15, 0.2) is 43.0 Å². The number of carbonyl (C=O) groups is 1. The molecule has 5 heteroatoms. The Morgan fingerprint density at radius 2 is 2.12 bits per heavy atom. The smallest absolute Gasteiger partial charge is 0.413 e. The second-order valence-corrected chi connectivity index (χ2v) is 6.97. The lowest BCUT2D eigenvalue weighted by Crippen LogP contribution is -2.46. The Kier molecular flexibility index (Phi) is 6.02. The number of hydrogen-bond donors (Lipinski definition) is 1. The van der Waals surface area contributed by atoms with Gasteiger partial charge in [-0.25, -0.2) is 4.79 Å². The molecule has 0 aliphatic carbocycles. The average molecular weight is 333 g/mol. The summed E-state index contributed by atoms with van der Waals surface area (Å²) < 4.78 is 11.3. The molecule has 2 rings (SSSR count). The summed E-state index contributed by atoms with van der Waals surface area (Å²) in [5.41, 5.74) is 0.346. The molecule has 1 aromatic carbocycles. The standard InChI is InChI=1S/C19H27NO4/c1-5-6-12-16(21)17-20(18(22)24-19(2,3)4)15(13-23-17)14-10-8-7-9-11-14/h5,7-11,15-17,21H,1,6,12-13H2,2-4H3/t15-,16+,17+/m0/s1. The van der Waals surface area contributed by atoms with Gasteiger partial charge in [-0.3, -0.25) is 4.90 Å². The van der Waals surface area contributed by atoms with Crippen LogP contribution >= 0.6 is 0 Å². The van der Waals surface area contributed by atoms with Gasteiger partial charge in [-0.1, -0.05) is 36.4 Å². The molecule has 0 aromatic heterocycles. The zero-order valence-electron chi connectivity index (χ0n) is 14.6. The van der Waals surface area contributed by atoms with Crippen LogP contribution in [0.5, 0.6) is 0 Å². The Balaban J connectivity index is 2.25. The molecule has 1 aliphatic rings. The first-order valence-corrected chi connectivity index (χ1v) is 8.30. The Morgan fingerprint density at radius 1 is 1.46 bits per heavy atom. The van der Waals surface area contributed by atoms with Gasteiger partial charge in [0.05, 0.1) is 18.8 Å². The van der Waals surface area contributed by atoms with Crippen LogP contribution in [0, 0.1) is 0 Å². The molecule has 1 aliphatic heterocycles. The van der Waals surface area contributed by atoms with E-state index in [0.717, 1.165) is 5.56 Å². The summed E-state index contributed by atoms with van der Waals surface area (Å²) in [6.07, 6.45) is 0.893. The summed E-state index contributed by atoms with van der Waals surface area (Å²) in [4.78, 5) is 14.2. The van der Waals surface area contributed by atoms with E-state index in [2.05, 4.69) is 6.58 Å². The van der Waals surface area contributed by atoms with Crippen LogP contribution < -0.4 is 0 Å². The minimum atomic E-state index is -0.788.